The van der Waals surface area contributed by atoms with Gasteiger partial charge in [0.25, 0.3) is 0 Å². The van der Waals surface area contributed by atoms with Gasteiger partial charge in [-0.3, -0.25) is 0 Å². The molecule has 50 heavy (non-hydrogen) atoms. The predicted octanol–water partition coefficient (Wildman–Crippen LogP) is 12.9. The fourth-order valence-corrected chi connectivity index (χ4v) is 7.61. The Hall–Kier alpha value is -6.64. The van der Waals surface area contributed by atoms with E-state index < -0.39 is 0 Å². The zero-order valence-corrected chi connectivity index (χ0v) is 27.2. The number of aromatic nitrogens is 2. The molecule has 0 fully saturated rings. The number of rotatable bonds is 4. The molecule has 0 aliphatic heterocycles. The molecule has 8 aromatic carbocycles. The van der Waals surface area contributed by atoms with Gasteiger partial charge in [-0.2, -0.15) is 0 Å². The Kier molecular flexibility index (Phi) is 6.53. The van der Waals surface area contributed by atoms with Crippen molar-refractivity contribution in [2.45, 2.75) is 0 Å². The number of nitrogens with zero attached hydrogens (tertiary/aromatic N) is 2. The minimum Gasteiger partial charge on any atom is -0.246 e. The van der Waals surface area contributed by atoms with E-state index in [1.165, 1.54) is 65.3 Å². The summed E-state index contributed by atoms with van der Waals surface area (Å²) in [6.45, 7) is 0. The lowest BCUT2D eigenvalue weighted by atomic mass is 9.92. The molecule has 0 radical (unpaired) electrons. The molecule has 10 rings (SSSR count). The van der Waals surface area contributed by atoms with Crippen LogP contribution in [0.25, 0.3) is 98.9 Å². The second-order valence-electron chi connectivity index (χ2n) is 13.0. The highest BCUT2D eigenvalue weighted by atomic mass is 14.8. The standard InChI is InChI=1S/C48H30N2/c1-3-17-37-33(11-1)29-43(41-21-7-5-19-39(37)41)31-13-9-15-35(27-31)45-23-25-48-47(49-45)26-24-46(50-48)36-16-10-14-32(28-36)44-30-34-12-2-4-18-38(34)40-20-6-8-22-42(40)44/h1-30H. The number of fused-ring (bicyclic) bond motifs is 7. The highest BCUT2D eigenvalue weighted by Crippen LogP contribution is 2.38. The third kappa shape index (κ3) is 4.73. The zero-order chi connectivity index (χ0) is 33.0. The minimum absolute atomic E-state index is 0.879. The monoisotopic (exact) mass is 634 g/mol. The molecule has 0 aliphatic carbocycles. The van der Waals surface area contributed by atoms with Crippen molar-refractivity contribution < 1.29 is 0 Å². The smallest absolute Gasteiger partial charge is 0.0894 e. The average molecular weight is 635 g/mol. The predicted molar refractivity (Wildman–Crippen MR) is 211 cm³/mol. The lowest BCUT2D eigenvalue weighted by Gasteiger charge is -2.13. The van der Waals surface area contributed by atoms with Gasteiger partial charge in [-0.25, -0.2) is 9.97 Å². The second kappa shape index (κ2) is 11.5. The maximum absolute atomic E-state index is 5.09. The summed E-state index contributed by atoms with van der Waals surface area (Å²) < 4.78 is 0. The molecule has 2 aromatic heterocycles. The third-order valence-corrected chi connectivity index (χ3v) is 10.0. The van der Waals surface area contributed by atoms with Crippen molar-refractivity contribution in [2.75, 3.05) is 0 Å². The fourth-order valence-electron chi connectivity index (χ4n) is 7.61. The van der Waals surface area contributed by atoms with Crippen LogP contribution in [0.4, 0.5) is 0 Å². The summed E-state index contributed by atoms with van der Waals surface area (Å²) >= 11 is 0. The first-order valence-corrected chi connectivity index (χ1v) is 17.1. The minimum atomic E-state index is 0.879. The van der Waals surface area contributed by atoms with Crippen molar-refractivity contribution in [3.05, 3.63) is 182 Å². The maximum atomic E-state index is 5.09. The van der Waals surface area contributed by atoms with Crippen molar-refractivity contribution in [1.29, 1.82) is 0 Å². The Morgan fingerprint density at radius 3 is 1.10 bits per heavy atom. The highest BCUT2D eigenvalue weighted by molar-refractivity contribution is 6.15. The summed E-state index contributed by atoms with van der Waals surface area (Å²) in [5.41, 5.74) is 10.6. The number of pyridine rings is 2. The number of hydrogen-bond acceptors (Lipinski definition) is 2. The van der Waals surface area contributed by atoms with Crippen LogP contribution >= 0.6 is 0 Å². The SMILES string of the molecule is c1cc(-c2ccc3nc(-c4cccc(-c5cc6ccccc6c6ccccc56)c4)ccc3n2)cc(-c2cc3ccccc3c3ccccc23)c1. The fraction of sp³-hybridized carbons (Fsp3) is 0. The first kappa shape index (κ1) is 28.4. The summed E-state index contributed by atoms with van der Waals surface area (Å²) in [7, 11) is 0. The Labute approximate surface area is 290 Å². The number of hydrogen-bond donors (Lipinski definition) is 0. The van der Waals surface area contributed by atoms with Gasteiger partial charge in [0.1, 0.15) is 0 Å². The Morgan fingerprint density at radius 2 is 0.640 bits per heavy atom. The van der Waals surface area contributed by atoms with Crippen LogP contribution < -0.4 is 0 Å². The van der Waals surface area contributed by atoms with Crippen molar-refractivity contribution in [3.63, 3.8) is 0 Å². The van der Waals surface area contributed by atoms with E-state index in [4.69, 9.17) is 9.97 Å². The van der Waals surface area contributed by atoms with Gasteiger partial charge < -0.3 is 0 Å². The van der Waals surface area contributed by atoms with Gasteiger partial charge in [0.05, 0.1) is 22.4 Å². The van der Waals surface area contributed by atoms with Crippen molar-refractivity contribution in [3.8, 4) is 44.8 Å². The molecule has 0 saturated heterocycles. The van der Waals surface area contributed by atoms with Gasteiger partial charge in [-0.15, -0.1) is 0 Å². The van der Waals surface area contributed by atoms with E-state index in [-0.39, 0.29) is 0 Å². The van der Waals surface area contributed by atoms with Crippen LogP contribution in [0.3, 0.4) is 0 Å². The lowest BCUT2D eigenvalue weighted by Crippen LogP contribution is -1.91. The van der Waals surface area contributed by atoms with E-state index in [1.54, 1.807) is 0 Å². The zero-order valence-electron chi connectivity index (χ0n) is 27.2. The largest absolute Gasteiger partial charge is 0.246 e. The van der Waals surface area contributed by atoms with Crippen molar-refractivity contribution >= 4 is 54.1 Å². The quantitative estimate of drug-likeness (QED) is 0.180. The van der Waals surface area contributed by atoms with E-state index >= 15 is 0 Å². The summed E-state index contributed by atoms with van der Waals surface area (Å²) in [4.78, 5) is 10.2. The summed E-state index contributed by atoms with van der Waals surface area (Å²) in [6.07, 6.45) is 0. The molecule has 232 valence electrons. The molecule has 2 heteroatoms. The van der Waals surface area contributed by atoms with E-state index in [2.05, 4.69) is 182 Å². The van der Waals surface area contributed by atoms with Gasteiger partial charge in [0, 0.05) is 11.1 Å². The maximum Gasteiger partial charge on any atom is 0.0894 e. The van der Waals surface area contributed by atoms with E-state index in [9.17, 15) is 0 Å². The molecule has 0 atom stereocenters. The van der Waals surface area contributed by atoms with E-state index in [1.807, 2.05) is 0 Å². The van der Waals surface area contributed by atoms with Gasteiger partial charge >= 0.3 is 0 Å². The topological polar surface area (TPSA) is 25.8 Å². The van der Waals surface area contributed by atoms with Crippen LogP contribution in [0.5, 0.6) is 0 Å². The molecule has 0 unspecified atom stereocenters. The summed E-state index contributed by atoms with van der Waals surface area (Å²) in [6, 6.07) is 65.1. The van der Waals surface area contributed by atoms with Crippen LogP contribution in [-0.2, 0) is 0 Å². The van der Waals surface area contributed by atoms with Crippen LogP contribution in [0.15, 0.2) is 182 Å². The molecular weight excluding hydrogens is 605 g/mol. The molecule has 10 aromatic rings. The molecule has 2 nitrogen and oxygen atoms in total. The van der Waals surface area contributed by atoms with Gasteiger partial charge in [0.15, 0.2) is 0 Å². The number of benzene rings is 8. The normalized spacial score (nSPS) is 11.6. The molecule has 0 bridgehead atoms. The molecule has 0 N–H and O–H groups in total. The van der Waals surface area contributed by atoms with Crippen molar-refractivity contribution in [1.82, 2.24) is 9.97 Å². The summed E-state index contributed by atoms with van der Waals surface area (Å²) in [5.74, 6) is 0. The summed E-state index contributed by atoms with van der Waals surface area (Å²) in [5, 5.41) is 10.1. The highest BCUT2D eigenvalue weighted by Gasteiger charge is 2.13. The van der Waals surface area contributed by atoms with Gasteiger partial charge in [-0.1, -0.05) is 133 Å². The van der Waals surface area contributed by atoms with Crippen LogP contribution in [-0.4, -0.2) is 9.97 Å². The Bertz CT molecular complexity index is 2740. The van der Waals surface area contributed by atoms with Crippen LogP contribution in [0.2, 0.25) is 0 Å². The molecule has 0 amide bonds. The molecule has 0 spiro atoms. The molecular formula is C48H30N2. The van der Waals surface area contributed by atoms with Crippen molar-refractivity contribution in [2.24, 2.45) is 0 Å². The molecule has 0 saturated carbocycles. The first-order chi connectivity index (χ1) is 24.8. The molecule has 0 aliphatic rings. The second-order valence-corrected chi connectivity index (χ2v) is 13.0. The van der Waals surface area contributed by atoms with Crippen LogP contribution in [0, 0.1) is 0 Å². The van der Waals surface area contributed by atoms with E-state index in [0.29, 0.717) is 0 Å². The van der Waals surface area contributed by atoms with Gasteiger partial charge in [0.2, 0.25) is 0 Å². The van der Waals surface area contributed by atoms with Gasteiger partial charge in [-0.05, 0) is 114 Å². The Balaban J connectivity index is 1.02. The van der Waals surface area contributed by atoms with E-state index in [0.717, 1.165) is 33.5 Å². The Morgan fingerprint density at radius 1 is 0.260 bits per heavy atom. The first-order valence-electron chi connectivity index (χ1n) is 17.1. The third-order valence-electron chi connectivity index (χ3n) is 10.0. The van der Waals surface area contributed by atoms with Crippen LogP contribution in [0.1, 0.15) is 0 Å². The molecule has 2 heterocycles. The average Bonchev–Trinajstić information content (AvgIpc) is 3.20. The lowest BCUT2D eigenvalue weighted by molar-refractivity contribution is 1.33.